The van der Waals surface area contributed by atoms with Gasteiger partial charge in [-0.05, 0) is 11.8 Å². The molecule has 0 saturated heterocycles. The van der Waals surface area contributed by atoms with Gasteiger partial charge in [0.05, 0.1) is 11.7 Å². The van der Waals surface area contributed by atoms with Gasteiger partial charge in [0.1, 0.15) is 0 Å². The monoisotopic (exact) mass is 231 g/mol. The van der Waals surface area contributed by atoms with E-state index in [4.69, 9.17) is 0 Å². The molecule has 16 heavy (non-hydrogen) atoms. The summed E-state index contributed by atoms with van der Waals surface area (Å²) in [6, 6.07) is 0.362. The van der Waals surface area contributed by atoms with Gasteiger partial charge in [-0.15, -0.1) is 0 Å². The van der Waals surface area contributed by atoms with Crippen molar-refractivity contribution in [2.75, 3.05) is 6.54 Å². The summed E-state index contributed by atoms with van der Waals surface area (Å²) in [6.07, 6.45) is -0.0561. The highest BCUT2D eigenvalue weighted by Crippen LogP contribution is 2.30. The summed E-state index contributed by atoms with van der Waals surface area (Å²) >= 11 is 0. The van der Waals surface area contributed by atoms with E-state index in [1.807, 2.05) is 41.5 Å². The molecule has 0 radical (unpaired) electrons. The fraction of sp³-hybridized carbons (Fsp3) is 1.00. The Morgan fingerprint density at radius 1 is 1.00 bits per heavy atom. The third kappa shape index (κ3) is 4.81. The first-order valence-corrected chi connectivity index (χ1v) is 6.34. The van der Waals surface area contributed by atoms with Crippen LogP contribution >= 0.6 is 0 Å². The molecule has 0 saturated carbocycles. The Morgan fingerprint density at radius 2 is 1.44 bits per heavy atom. The molecule has 3 N–H and O–H groups in total. The van der Waals surface area contributed by atoms with Crippen LogP contribution in [0.2, 0.25) is 0 Å². The lowest BCUT2D eigenvalue weighted by Crippen LogP contribution is -2.46. The van der Waals surface area contributed by atoms with Gasteiger partial charge >= 0.3 is 0 Å². The Labute approximate surface area is 100 Å². The second-order valence-corrected chi connectivity index (χ2v) is 5.72. The van der Waals surface area contributed by atoms with Crippen LogP contribution in [0.4, 0.5) is 0 Å². The number of hydrogen-bond donors (Lipinski definition) is 3. The molecule has 0 rings (SSSR count). The summed E-state index contributed by atoms with van der Waals surface area (Å²) in [5.41, 5.74) is -0.780. The van der Waals surface area contributed by atoms with Crippen LogP contribution in [0.1, 0.15) is 48.0 Å². The van der Waals surface area contributed by atoms with Gasteiger partial charge in [-0.1, -0.05) is 41.5 Å². The van der Waals surface area contributed by atoms with Crippen LogP contribution < -0.4 is 5.32 Å². The molecular weight excluding hydrogens is 202 g/mol. The van der Waals surface area contributed by atoms with E-state index in [0.717, 1.165) is 0 Å². The van der Waals surface area contributed by atoms with Gasteiger partial charge in [-0.3, -0.25) is 0 Å². The molecule has 0 heterocycles. The predicted octanol–water partition coefficient (Wildman–Crippen LogP) is 1.78. The predicted molar refractivity (Wildman–Crippen MR) is 68.4 cm³/mol. The number of nitrogens with one attached hydrogen (secondary N) is 1. The van der Waals surface area contributed by atoms with Crippen molar-refractivity contribution in [2.24, 2.45) is 11.8 Å². The number of rotatable bonds is 7. The first-order chi connectivity index (χ1) is 7.20. The molecule has 0 aromatic rings. The second kappa shape index (κ2) is 6.58. The Bertz CT molecular complexity index is 182. The Balaban J connectivity index is 4.30. The molecule has 0 fully saturated rings. The molecule has 98 valence electrons. The van der Waals surface area contributed by atoms with E-state index >= 15 is 0 Å². The first-order valence-electron chi connectivity index (χ1n) is 6.34. The molecule has 0 aromatic heterocycles. The van der Waals surface area contributed by atoms with Crippen LogP contribution in [0.25, 0.3) is 0 Å². The largest absolute Gasteiger partial charge is 0.392 e. The van der Waals surface area contributed by atoms with Crippen LogP contribution in [0.5, 0.6) is 0 Å². The Kier molecular flexibility index (Phi) is 6.53. The molecule has 0 unspecified atom stereocenters. The standard InChI is InChI=1S/C13H29NO2/c1-9(2)13(16,10(3)4)7-12(15)8-14-11(5)6/h9-12,14-16H,7-8H2,1-6H3/t12-/m1/s1. The summed E-state index contributed by atoms with van der Waals surface area (Å²) in [5, 5.41) is 23.6. The lowest BCUT2D eigenvalue weighted by Gasteiger charge is -2.38. The highest BCUT2D eigenvalue weighted by molar-refractivity contribution is 4.88. The molecule has 0 aromatic carbocycles. The van der Waals surface area contributed by atoms with Crippen LogP contribution in [-0.4, -0.2) is 34.5 Å². The summed E-state index contributed by atoms with van der Waals surface area (Å²) < 4.78 is 0. The van der Waals surface area contributed by atoms with Gasteiger partial charge in [-0.2, -0.15) is 0 Å². The summed E-state index contributed by atoms with van der Waals surface area (Å²) in [7, 11) is 0. The van der Waals surface area contributed by atoms with Gasteiger partial charge < -0.3 is 15.5 Å². The summed E-state index contributed by atoms with van der Waals surface area (Å²) in [5.74, 6) is 0.308. The summed E-state index contributed by atoms with van der Waals surface area (Å²) in [6.45, 7) is 12.6. The minimum atomic E-state index is -0.780. The highest BCUT2D eigenvalue weighted by Gasteiger charge is 2.36. The van der Waals surface area contributed by atoms with Crippen molar-refractivity contribution < 1.29 is 10.2 Å². The van der Waals surface area contributed by atoms with E-state index in [1.54, 1.807) is 0 Å². The van der Waals surface area contributed by atoms with Crippen molar-refractivity contribution in [2.45, 2.75) is 65.7 Å². The van der Waals surface area contributed by atoms with Crippen LogP contribution in [-0.2, 0) is 0 Å². The topological polar surface area (TPSA) is 52.5 Å². The third-order valence-corrected chi connectivity index (χ3v) is 3.32. The van der Waals surface area contributed by atoms with Crippen molar-refractivity contribution in [3.63, 3.8) is 0 Å². The normalized spacial score (nSPS) is 15.2. The number of aliphatic hydroxyl groups excluding tert-OH is 1. The smallest absolute Gasteiger partial charge is 0.0718 e. The van der Waals surface area contributed by atoms with Crippen molar-refractivity contribution in [3.05, 3.63) is 0 Å². The molecular formula is C13H29NO2. The van der Waals surface area contributed by atoms with E-state index in [-0.39, 0.29) is 11.8 Å². The van der Waals surface area contributed by atoms with E-state index in [1.165, 1.54) is 0 Å². The van der Waals surface area contributed by atoms with E-state index in [9.17, 15) is 10.2 Å². The van der Waals surface area contributed by atoms with Crippen LogP contribution in [0.3, 0.4) is 0 Å². The lowest BCUT2D eigenvalue weighted by molar-refractivity contribution is -0.0797. The van der Waals surface area contributed by atoms with Gasteiger partial charge in [0.15, 0.2) is 0 Å². The van der Waals surface area contributed by atoms with Gasteiger partial charge in [0, 0.05) is 19.0 Å². The lowest BCUT2D eigenvalue weighted by atomic mass is 9.76. The van der Waals surface area contributed by atoms with E-state index in [0.29, 0.717) is 19.0 Å². The molecule has 1 atom stereocenters. The van der Waals surface area contributed by atoms with Crippen molar-refractivity contribution in [1.82, 2.24) is 5.32 Å². The molecule has 0 aliphatic heterocycles. The first kappa shape index (κ1) is 15.9. The summed E-state index contributed by atoms with van der Waals surface area (Å²) in [4.78, 5) is 0. The fourth-order valence-electron chi connectivity index (χ4n) is 1.96. The Morgan fingerprint density at radius 3 is 1.75 bits per heavy atom. The zero-order valence-electron chi connectivity index (χ0n) is 11.6. The van der Waals surface area contributed by atoms with Crippen molar-refractivity contribution >= 4 is 0 Å². The zero-order valence-corrected chi connectivity index (χ0v) is 11.6. The number of hydrogen-bond acceptors (Lipinski definition) is 3. The van der Waals surface area contributed by atoms with E-state index in [2.05, 4.69) is 5.32 Å². The average molecular weight is 231 g/mol. The van der Waals surface area contributed by atoms with Crippen molar-refractivity contribution in [1.29, 1.82) is 0 Å². The van der Waals surface area contributed by atoms with Crippen molar-refractivity contribution in [3.8, 4) is 0 Å². The average Bonchev–Trinajstić information content (AvgIpc) is 2.13. The van der Waals surface area contributed by atoms with Gasteiger partial charge in [-0.25, -0.2) is 0 Å². The highest BCUT2D eigenvalue weighted by atomic mass is 16.3. The zero-order chi connectivity index (χ0) is 12.9. The van der Waals surface area contributed by atoms with E-state index < -0.39 is 11.7 Å². The van der Waals surface area contributed by atoms with Gasteiger partial charge in [0.25, 0.3) is 0 Å². The maximum atomic E-state index is 10.5. The quantitative estimate of drug-likeness (QED) is 0.626. The molecule has 0 aliphatic rings. The van der Waals surface area contributed by atoms with Crippen LogP contribution in [0, 0.1) is 11.8 Å². The number of aliphatic hydroxyl groups is 2. The molecule has 0 bridgehead atoms. The minimum Gasteiger partial charge on any atom is -0.392 e. The maximum Gasteiger partial charge on any atom is 0.0718 e. The molecule has 3 nitrogen and oxygen atoms in total. The Hall–Kier alpha value is -0.120. The third-order valence-electron chi connectivity index (χ3n) is 3.32. The molecule has 0 amide bonds. The minimum absolute atomic E-state index is 0.154. The fourth-order valence-corrected chi connectivity index (χ4v) is 1.96. The molecule has 0 spiro atoms. The second-order valence-electron chi connectivity index (χ2n) is 5.72. The van der Waals surface area contributed by atoms with Gasteiger partial charge in [0.2, 0.25) is 0 Å². The SMILES string of the molecule is CC(C)NC[C@H](O)CC(O)(C(C)C)C(C)C. The molecule has 0 aliphatic carbocycles. The van der Waals surface area contributed by atoms with Crippen LogP contribution in [0.15, 0.2) is 0 Å². The molecule has 3 heteroatoms. The maximum absolute atomic E-state index is 10.5.